The first-order valence-corrected chi connectivity index (χ1v) is 8.74. The number of benzene rings is 2. The molecule has 2 aromatic carbocycles. The first kappa shape index (κ1) is 18.1. The molecule has 9 heteroatoms. The summed E-state index contributed by atoms with van der Waals surface area (Å²) in [4.78, 5) is 24.9. The average molecular weight is 405 g/mol. The molecule has 0 spiro atoms. The molecule has 5 nitrogen and oxygen atoms in total. The summed E-state index contributed by atoms with van der Waals surface area (Å²) in [6, 6.07) is 13.2. The van der Waals surface area contributed by atoms with Crippen LogP contribution in [0.15, 0.2) is 63.8 Å². The van der Waals surface area contributed by atoms with E-state index in [4.69, 9.17) is 4.42 Å². The van der Waals surface area contributed by atoms with E-state index in [-0.39, 0.29) is 10.6 Å². The predicted octanol–water partition coefficient (Wildman–Crippen LogP) is 5.16. The number of ether oxygens (including phenoxy) is 1. The molecule has 0 saturated carbocycles. The lowest BCUT2D eigenvalue weighted by molar-refractivity contribution is -0.274. The van der Waals surface area contributed by atoms with Crippen LogP contribution < -0.4 is 15.7 Å². The number of anilines is 1. The average Bonchev–Trinajstić information content (AvgIpc) is 3.09. The molecular weight excluding hydrogens is 395 g/mol. The van der Waals surface area contributed by atoms with Gasteiger partial charge < -0.3 is 14.5 Å². The third-order valence-electron chi connectivity index (χ3n) is 3.86. The number of amides is 1. The molecule has 1 N–H and O–H groups in total. The molecule has 2 heterocycles. The van der Waals surface area contributed by atoms with Crippen molar-refractivity contribution in [1.82, 2.24) is 0 Å². The van der Waals surface area contributed by atoms with Gasteiger partial charge in [0.05, 0.1) is 15.0 Å². The summed E-state index contributed by atoms with van der Waals surface area (Å²) in [5.41, 5.74) is 0.167. The Morgan fingerprint density at radius 3 is 2.46 bits per heavy atom. The van der Waals surface area contributed by atoms with Gasteiger partial charge >= 0.3 is 12.0 Å². The number of carbonyl (C=O) groups excluding carboxylic acids is 1. The third-order valence-corrected chi connectivity index (χ3v) is 5.02. The lowest BCUT2D eigenvalue weighted by atomic mass is 10.2. The quantitative estimate of drug-likeness (QED) is 0.478. The van der Waals surface area contributed by atoms with E-state index < -0.39 is 23.6 Å². The van der Waals surface area contributed by atoms with Crippen LogP contribution in [0.2, 0.25) is 0 Å². The van der Waals surface area contributed by atoms with Gasteiger partial charge in [0.15, 0.2) is 0 Å². The highest BCUT2D eigenvalue weighted by atomic mass is 32.1. The fourth-order valence-electron chi connectivity index (χ4n) is 2.69. The number of thiophene rings is 1. The minimum absolute atomic E-state index is 0.272. The van der Waals surface area contributed by atoms with Crippen molar-refractivity contribution < 1.29 is 27.1 Å². The van der Waals surface area contributed by atoms with Crippen molar-refractivity contribution in [3.05, 3.63) is 69.9 Å². The van der Waals surface area contributed by atoms with Gasteiger partial charge in [-0.15, -0.1) is 24.5 Å². The molecule has 4 rings (SSSR count). The van der Waals surface area contributed by atoms with Crippen molar-refractivity contribution in [2.24, 2.45) is 0 Å². The van der Waals surface area contributed by atoms with Crippen LogP contribution in [0.5, 0.6) is 5.75 Å². The van der Waals surface area contributed by atoms with Crippen molar-refractivity contribution in [3.8, 4) is 5.75 Å². The third kappa shape index (κ3) is 3.56. The van der Waals surface area contributed by atoms with E-state index in [0.717, 1.165) is 28.9 Å². The highest BCUT2D eigenvalue weighted by molar-refractivity contribution is 7.21. The molecule has 28 heavy (non-hydrogen) atoms. The van der Waals surface area contributed by atoms with Gasteiger partial charge in [-0.1, -0.05) is 12.1 Å². The monoisotopic (exact) mass is 405 g/mol. The summed E-state index contributed by atoms with van der Waals surface area (Å²) < 4.78 is 46.3. The number of fused-ring (bicyclic) bond motifs is 3. The van der Waals surface area contributed by atoms with E-state index in [2.05, 4.69) is 10.1 Å². The SMILES string of the molecule is O=C(Nc1ccc(OC(F)(F)F)cc1)c1cc2c(=O)oc3ccccc3c2s1. The molecule has 0 atom stereocenters. The minimum atomic E-state index is -4.79. The van der Waals surface area contributed by atoms with E-state index in [1.54, 1.807) is 24.3 Å². The maximum atomic E-state index is 12.5. The zero-order valence-corrected chi connectivity index (χ0v) is 14.7. The summed E-state index contributed by atoms with van der Waals surface area (Å²) in [6.07, 6.45) is -4.79. The van der Waals surface area contributed by atoms with Crippen molar-refractivity contribution >= 4 is 44.0 Å². The van der Waals surface area contributed by atoms with E-state index in [1.807, 2.05) is 0 Å². The lowest BCUT2D eigenvalue weighted by Gasteiger charge is -2.09. The number of hydrogen-bond acceptors (Lipinski definition) is 5. The Labute approximate surface area is 159 Å². The smallest absolute Gasteiger partial charge is 0.422 e. The molecule has 0 bridgehead atoms. The molecule has 0 unspecified atom stereocenters. The molecule has 1 amide bonds. The van der Waals surface area contributed by atoms with Gasteiger partial charge in [0.2, 0.25) is 0 Å². The first-order valence-electron chi connectivity index (χ1n) is 7.93. The molecule has 142 valence electrons. The summed E-state index contributed by atoms with van der Waals surface area (Å²) in [5, 5.41) is 3.59. The number of carbonyl (C=O) groups is 1. The molecule has 0 aliphatic rings. The number of rotatable bonds is 3. The Balaban J connectivity index is 1.62. The van der Waals surface area contributed by atoms with Crippen LogP contribution in [0.4, 0.5) is 18.9 Å². The minimum Gasteiger partial charge on any atom is -0.422 e. The largest absolute Gasteiger partial charge is 0.573 e. The number of nitrogens with one attached hydrogen (secondary N) is 1. The highest BCUT2D eigenvalue weighted by Crippen LogP contribution is 2.31. The second-order valence-corrected chi connectivity index (χ2v) is 6.82. The van der Waals surface area contributed by atoms with Gasteiger partial charge in [-0.05, 0) is 42.5 Å². The number of halogens is 3. The summed E-state index contributed by atoms with van der Waals surface area (Å²) in [5.74, 6) is -0.884. The molecule has 0 aliphatic carbocycles. The van der Waals surface area contributed by atoms with Gasteiger partial charge in [0.1, 0.15) is 11.3 Å². The van der Waals surface area contributed by atoms with E-state index in [9.17, 15) is 22.8 Å². The molecule has 4 aromatic rings. The van der Waals surface area contributed by atoms with Crippen LogP contribution in [0.1, 0.15) is 9.67 Å². The Hall–Kier alpha value is -3.33. The summed E-state index contributed by atoms with van der Waals surface area (Å²) in [7, 11) is 0. The number of para-hydroxylation sites is 1. The number of alkyl halides is 3. The normalized spacial score (nSPS) is 11.7. The van der Waals surface area contributed by atoms with Crippen molar-refractivity contribution in [1.29, 1.82) is 0 Å². The zero-order chi connectivity index (χ0) is 19.9. The maximum Gasteiger partial charge on any atom is 0.573 e. The van der Waals surface area contributed by atoms with Crippen LogP contribution in [-0.2, 0) is 0 Å². The Morgan fingerprint density at radius 1 is 1.04 bits per heavy atom. The Morgan fingerprint density at radius 2 is 1.75 bits per heavy atom. The van der Waals surface area contributed by atoms with Gasteiger partial charge in [-0.2, -0.15) is 0 Å². The topological polar surface area (TPSA) is 68.5 Å². The lowest BCUT2D eigenvalue weighted by Crippen LogP contribution is -2.17. The standard InChI is InChI=1S/C19H10F3NO4S/c20-19(21,22)27-11-7-5-10(6-8-11)23-17(24)15-9-13-16(28-15)12-3-1-2-4-14(12)26-18(13)25/h1-9H,(H,23,24). The van der Waals surface area contributed by atoms with Crippen molar-refractivity contribution in [3.63, 3.8) is 0 Å². The Bertz CT molecular complexity index is 1240. The second-order valence-electron chi connectivity index (χ2n) is 5.77. The molecule has 0 aliphatic heterocycles. The van der Waals surface area contributed by atoms with Crippen LogP contribution >= 0.6 is 11.3 Å². The van der Waals surface area contributed by atoms with Gasteiger partial charge in [0, 0.05) is 11.1 Å². The molecule has 0 fully saturated rings. The summed E-state index contributed by atoms with van der Waals surface area (Å²) >= 11 is 1.13. The zero-order valence-electron chi connectivity index (χ0n) is 13.9. The van der Waals surface area contributed by atoms with Crippen molar-refractivity contribution in [2.45, 2.75) is 6.36 Å². The summed E-state index contributed by atoms with van der Waals surface area (Å²) in [6.45, 7) is 0. The first-order chi connectivity index (χ1) is 13.3. The maximum absolute atomic E-state index is 12.5. The molecular formula is C19H10F3NO4S. The second kappa shape index (κ2) is 6.68. The Kier molecular flexibility index (Phi) is 4.31. The molecule has 2 aromatic heterocycles. The van der Waals surface area contributed by atoms with E-state index >= 15 is 0 Å². The molecule has 0 saturated heterocycles. The predicted molar refractivity (Wildman–Crippen MR) is 98.9 cm³/mol. The molecule has 0 radical (unpaired) electrons. The van der Waals surface area contributed by atoms with Crippen LogP contribution in [0.3, 0.4) is 0 Å². The van der Waals surface area contributed by atoms with E-state index in [0.29, 0.717) is 15.7 Å². The van der Waals surface area contributed by atoms with E-state index in [1.165, 1.54) is 18.2 Å². The van der Waals surface area contributed by atoms with Crippen LogP contribution in [-0.4, -0.2) is 12.3 Å². The van der Waals surface area contributed by atoms with Gasteiger partial charge in [-0.25, -0.2) is 4.79 Å². The van der Waals surface area contributed by atoms with Gasteiger partial charge in [-0.3, -0.25) is 4.79 Å². The van der Waals surface area contributed by atoms with Crippen LogP contribution in [0, 0.1) is 0 Å². The van der Waals surface area contributed by atoms with Crippen LogP contribution in [0.25, 0.3) is 21.1 Å². The van der Waals surface area contributed by atoms with Gasteiger partial charge in [0.25, 0.3) is 5.91 Å². The fraction of sp³-hybridized carbons (Fsp3) is 0.0526. The fourth-order valence-corrected chi connectivity index (χ4v) is 3.76. The highest BCUT2D eigenvalue weighted by Gasteiger charge is 2.31. The number of hydrogen-bond donors (Lipinski definition) is 1. The van der Waals surface area contributed by atoms with Crippen molar-refractivity contribution in [2.75, 3.05) is 5.32 Å².